The van der Waals surface area contributed by atoms with E-state index < -0.39 is 23.6 Å². The molecule has 5 aromatic rings. The van der Waals surface area contributed by atoms with E-state index in [1.54, 1.807) is 6.07 Å². The van der Waals surface area contributed by atoms with Crippen LogP contribution in [0.1, 0.15) is 32.0 Å². The molecule has 7 nitrogen and oxygen atoms in total. The van der Waals surface area contributed by atoms with Crippen LogP contribution >= 0.6 is 0 Å². The number of hydrazone groups is 1. The van der Waals surface area contributed by atoms with Gasteiger partial charge in [-0.1, -0.05) is 54.6 Å². The number of carbonyl (C=O) groups excluding carboxylic acids is 2. The predicted molar refractivity (Wildman–Crippen MR) is 148 cm³/mol. The van der Waals surface area contributed by atoms with E-state index in [4.69, 9.17) is 9.47 Å². The van der Waals surface area contributed by atoms with Gasteiger partial charge in [0.2, 0.25) is 0 Å². The van der Waals surface area contributed by atoms with Gasteiger partial charge in [0.1, 0.15) is 5.69 Å². The molecule has 1 amide bonds. The molecule has 0 saturated carbocycles. The van der Waals surface area contributed by atoms with Gasteiger partial charge in [-0.3, -0.25) is 4.79 Å². The summed E-state index contributed by atoms with van der Waals surface area (Å²) in [6.45, 7) is 0. The molecule has 4 aromatic carbocycles. The number of fused-ring (bicyclic) bond motifs is 1. The van der Waals surface area contributed by atoms with Crippen LogP contribution in [0.4, 0.5) is 13.2 Å². The zero-order valence-corrected chi connectivity index (χ0v) is 21.5. The molecular weight excluding hydrogens is 535 g/mol. The van der Waals surface area contributed by atoms with Crippen LogP contribution in [0.2, 0.25) is 0 Å². The van der Waals surface area contributed by atoms with Crippen LogP contribution < -0.4 is 14.9 Å². The molecule has 206 valence electrons. The third-order valence-corrected chi connectivity index (χ3v) is 6.19. The van der Waals surface area contributed by atoms with Crippen molar-refractivity contribution < 1.29 is 32.2 Å². The highest BCUT2D eigenvalue weighted by molar-refractivity contribution is 6.09. The minimum Gasteiger partial charge on any atom is -0.493 e. The van der Waals surface area contributed by atoms with E-state index in [1.165, 1.54) is 31.5 Å². The number of rotatable bonds is 7. The summed E-state index contributed by atoms with van der Waals surface area (Å²) in [6, 6.07) is 25.5. The van der Waals surface area contributed by atoms with Crippen molar-refractivity contribution in [1.82, 2.24) is 10.4 Å². The van der Waals surface area contributed by atoms with Crippen LogP contribution in [0.5, 0.6) is 11.5 Å². The average Bonchev–Trinajstić information content (AvgIpc) is 3.38. The standard InChI is InChI=1S/C31H22F3N3O4/c1-40-26-16-19(14-15-25(26)41-30(39)21-10-7-11-22(17-21)31(32,33)34)18-35-37-29(38)28-27(20-8-3-2-4-9-20)23-12-5-6-13-24(23)36-28/h2-18,36H,1H3,(H,37,38). The molecule has 0 unspecified atom stereocenters. The Labute approximate surface area is 232 Å². The highest BCUT2D eigenvalue weighted by Crippen LogP contribution is 2.33. The van der Waals surface area contributed by atoms with Gasteiger partial charge in [-0.25, -0.2) is 10.2 Å². The summed E-state index contributed by atoms with van der Waals surface area (Å²) in [7, 11) is 1.35. The third kappa shape index (κ3) is 5.96. The number of alkyl halides is 3. The second kappa shape index (κ2) is 11.4. The van der Waals surface area contributed by atoms with Crippen LogP contribution in [0.3, 0.4) is 0 Å². The molecule has 5 rings (SSSR count). The van der Waals surface area contributed by atoms with Crippen molar-refractivity contribution in [3.8, 4) is 22.6 Å². The lowest BCUT2D eigenvalue weighted by Gasteiger charge is -2.11. The van der Waals surface area contributed by atoms with Gasteiger partial charge in [-0.05, 0) is 53.6 Å². The van der Waals surface area contributed by atoms with Crippen LogP contribution in [0, 0.1) is 0 Å². The smallest absolute Gasteiger partial charge is 0.416 e. The summed E-state index contributed by atoms with van der Waals surface area (Å²) in [5.41, 5.74) is 4.58. The number of benzene rings is 4. The average molecular weight is 558 g/mol. The van der Waals surface area contributed by atoms with Gasteiger partial charge in [-0.2, -0.15) is 18.3 Å². The van der Waals surface area contributed by atoms with Crippen molar-refractivity contribution in [3.63, 3.8) is 0 Å². The number of methoxy groups -OCH3 is 1. The van der Waals surface area contributed by atoms with E-state index in [9.17, 15) is 22.8 Å². The van der Waals surface area contributed by atoms with Crippen LogP contribution in [-0.2, 0) is 6.18 Å². The van der Waals surface area contributed by atoms with Crippen molar-refractivity contribution >= 4 is 29.0 Å². The second-order valence-electron chi connectivity index (χ2n) is 8.86. The minimum absolute atomic E-state index is 0.00155. The molecule has 0 aliphatic carbocycles. The molecule has 10 heteroatoms. The number of para-hydroxylation sites is 1. The highest BCUT2D eigenvalue weighted by Gasteiger charge is 2.31. The Balaban J connectivity index is 1.32. The van der Waals surface area contributed by atoms with E-state index in [-0.39, 0.29) is 17.1 Å². The largest absolute Gasteiger partial charge is 0.493 e. The minimum atomic E-state index is -4.60. The number of nitrogens with zero attached hydrogens (tertiary/aromatic N) is 1. The van der Waals surface area contributed by atoms with Crippen molar-refractivity contribution in [3.05, 3.63) is 119 Å². The van der Waals surface area contributed by atoms with E-state index >= 15 is 0 Å². The summed E-state index contributed by atoms with van der Waals surface area (Å²) in [5, 5.41) is 4.95. The van der Waals surface area contributed by atoms with Crippen LogP contribution in [0.15, 0.2) is 102 Å². The van der Waals surface area contributed by atoms with Gasteiger partial charge < -0.3 is 14.5 Å². The van der Waals surface area contributed by atoms with E-state index in [1.807, 2.05) is 54.6 Å². The molecule has 0 aliphatic rings. The van der Waals surface area contributed by atoms with Crippen molar-refractivity contribution in [2.45, 2.75) is 6.18 Å². The Hall–Kier alpha value is -5.38. The molecule has 0 aliphatic heterocycles. The number of hydrogen-bond donors (Lipinski definition) is 2. The lowest BCUT2D eigenvalue weighted by Crippen LogP contribution is -2.18. The molecule has 1 aromatic heterocycles. The molecular formula is C31H22F3N3O4. The Bertz CT molecular complexity index is 1760. The Morgan fingerprint density at radius 1 is 0.878 bits per heavy atom. The summed E-state index contributed by atoms with van der Waals surface area (Å²) >= 11 is 0. The molecule has 0 bridgehead atoms. The SMILES string of the molecule is COc1cc(C=NNC(=O)c2[nH]c3ccccc3c2-c2ccccc2)ccc1OC(=O)c1cccc(C(F)(F)F)c1. The van der Waals surface area contributed by atoms with Crippen molar-refractivity contribution in [2.24, 2.45) is 5.10 Å². The number of esters is 1. The normalized spacial score (nSPS) is 11.5. The monoisotopic (exact) mass is 557 g/mol. The number of H-pyrrole nitrogens is 1. The highest BCUT2D eigenvalue weighted by atomic mass is 19.4. The second-order valence-corrected chi connectivity index (χ2v) is 8.86. The maximum Gasteiger partial charge on any atom is 0.416 e. The van der Waals surface area contributed by atoms with Gasteiger partial charge in [0.15, 0.2) is 11.5 Å². The quantitative estimate of drug-likeness (QED) is 0.0991. The number of aromatic nitrogens is 1. The molecule has 41 heavy (non-hydrogen) atoms. The molecule has 0 fully saturated rings. The van der Waals surface area contributed by atoms with E-state index in [0.29, 0.717) is 11.3 Å². The van der Waals surface area contributed by atoms with Crippen molar-refractivity contribution in [1.29, 1.82) is 0 Å². The van der Waals surface area contributed by atoms with E-state index in [0.717, 1.165) is 40.2 Å². The number of carbonyl (C=O) groups is 2. The fourth-order valence-corrected chi connectivity index (χ4v) is 4.27. The predicted octanol–water partition coefficient (Wildman–Crippen LogP) is 6.85. The summed E-state index contributed by atoms with van der Waals surface area (Å²) in [4.78, 5) is 28.8. The maximum atomic E-state index is 13.1. The molecule has 0 spiro atoms. The fraction of sp³-hybridized carbons (Fsp3) is 0.0645. The Morgan fingerprint density at radius 3 is 2.39 bits per heavy atom. The Kier molecular flexibility index (Phi) is 7.55. The van der Waals surface area contributed by atoms with Crippen LogP contribution in [0.25, 0.3) is 22.0 Å². The third-order valence-electron chi connectivity index (χ3n) is 6.19. The first-order valence-electron chi connectivity index (χ1n) is 12.3. The summed E-state index contributed by atoms with van der Waals surface area (Å²) in [5.74, 6) is -1.28. The molecule has 0 atom stereocenters. The van der Waals surface area contributed by atoms with Gasteiger partial charge in [0, 0.05) is 16.5 Å². The molecule has 0 saturated heterocycles. The topological polar surface area (TPSA) is 92.8 Å². The summed E-state index contributed by atoms with van der Waals surface area (Å²) < 4.78 is 49.6. The number of ether oxygens (including phenoxy) is 2. The first kappa shape index (κ1) is 27.2. The first-order valence-corrected chi connectivity index (χ1v) is 12.3. The maximum absolute atomic E-state index is 13.1. The van der Waals surface area contributed by atoms with Crippen molar-refractivity contribution in [2.75, 3.05) is 7.11 Å². The zero-order chi connectivity index (χ0) is 29.0. The zero-order valence-electron chi connectivity index (χ0n) is 21.5. The van der Waals surface area contributed by atoms with Gasteiger partial charge in [0.25, 0.3) is 5.91 Å². The number of aromatic amines is 1. The fourth-order valence-electron chi connectivity index (χ4n) is 4.27. The lowest BCUT2D eigenvalue weighted by atomic mass is 10.0. The number of hydrogen-bond acceptors (Lipinski definition) is 5. The van der Waals surface area contributed by atoms with Gasteiger partial charge in [0.05, 0.1) is 24.5 Å². The first-order chi connectivity index (χ1) is 19.7. The number of halogens is 3. The van der Waals surface area contributed by atoms with Crippen LogP contribution in [-0.4, -0.2) is 30.2 Å². The van der Waals surface area contributed by atoms with Gasteiger partial charge in [-0.15, -0.1) is 0 Å². The molecule has 2 N–H and O–H groups in total. The van der Waals surface area contributed by atoms with E-state index in [2.05, 4.69) is 15.5 Å². The molecule has 1 heterocycles. The number of amides is 1. The number of nitrogens with one attached hydrogen (secondary N) is 2. The van der Waals surface area contributed by atoms with Gasteiger partial charge >= 0.3 is 12.1 Å². The summed E-state index contributed by atoms with van der Waals surface area (Å²) in [6.07, 6.45) is -3.22. The molecule has 0 radical (unpaired) electrons. The Morgan fingerprint density at radius 2 is 1.63 bits per heavy atom. The lowest BCUT2D eigenvalue weighted by molar-refractivity contribution is -0.137.